The molecule has 1 aliphatic heterocycles. The molecule has 0 aliphatic carbocycles. The number of halogens is 1. The Balaban J connectivity index is 2.14. The molecule has 1 saturated heterocycles. The van der Waals surface area contributed by atoms with Crippen LogP contribution in [0.15, 0.2) is 29.3 Å². The van der Waals surface area contributed by atoms with Gasteiger partial charge in [0.25, 0.3) is 0 Å². The van der Waals surface area contributed by atoms with Crippen LogP contribution in [0.2, 0.25) is 0 Å². The van der Waals surface area contributed by atoms with E-state index in [9.17, 15) is 9.50 Å². The molecular weight excluding hydrogens is 383 g/mol. The molecule has 0 bridgehead atoms. The molecule has 1 aromatic rings. The van der Waals surface area contributed by atoms with Gasteiger partial charge in [-0.3, -0.25) is 9.89 Å². The van der Waals surface area contributed by atoms with E-state index in [1.54, 1.807) is 12.1 Å². The normalized spacial score (nSPS) is 17.0. The Labute approximate surface area is 180 Å². The van der Waals surface area contributed by atoms with Crippen molar-refractivity contribution in [2.24, 2.45) is 10.4 Å². The zero-order chi connectivity index (χ0) is 21.8. The Bertz CT molecular complexity index is 646. The smallest absolute Gasteiger partial charge is 0.191 e. The van der Waals surface area contributed by atoms with Gasteiger partial charge in [-0.25, -0.2) is 4.39 Å². The van der Waals surface area contributed by atoms with Crippen LogP contribution in [0.25, 0.3) is 0 Å². The maximum Gasteiger partial charge on any atom is 0.191 e. The van der Waals surface area contributed by atoms with E-state index in [2.05, 4.69) is 29.4 Å². The highest BCUT2D eigenvalue weighted by molar-refractivity contribution is 5.79. The average molecular weight is 423 g/mol. The topological polar surface area (TPSA) is 69.1 Å². The van der Waals surface area contributed by atoms with Crippen LogP contribution in [-0.4, -0.2) is 68.5 Å². The molecule has 3 N–H and O–H groups in total. The lowest BCUT2D eigenvalue weighted by Gasteiger charge is -2.35. The first kappa shape index (κ1) is 24.6. The van der Waals surface area contributed by atoms with E-state index >= 15 is 0 Å². The summed E-state index contributed by atoms with van der Waals surface area (Å²) >= 11 is 0. The summed E-state index contributed by atoms with van der Waals surface area (Å²) in [7, 11) is 0. The molecule has 1 aliphatic rings. The van der Waals surface area contributed by atoms with E-state index in [0.717, 1.165) is 50.4 Å². The van der Waals surface area contributed by atoms with E-state index in [1.807, 2.05) is 13.0 Å². The molecule has 7 heteroatoms. The van der Waals surface area contributed by atoms with Gasteiger partial charge in [0.05, 0.1) is 19.3 Å². The fraction of sp³-hybridized carbons (Fsp3) is 0.696. The lowest BCUT2D eigenvalue weighted by Crippen LogP contribution is -2.46. The van der Waals surface area contributed by atoms with Crippen molar-refractivity contribution in [1.29, 1.82) is 0 Å². The van der Waals surface area contributed by atoms with Gasteiger partial charge in [0.15, 0.2) is 5.96 Å². The van der Waals surface area contributed by atoms with E-state index in [1.165, 1.54) is 6.07 Å². The highest BCUT2D eigenvalue weighted by atomic mass is 19.1. The molecule has 0 saturated carbocycles. The zero-order valence-corrected chi connectivity index (χ0v) is 18.8. The van der Waals surface area contributed by atoms with Crippen molar-refractivity contribution in [1.82, 2.24) is 15.5 Å². The van der Waals surface area contributed by atoms with E-state index in [0.29, 0.717) is 26.3 Å². The Morgan fingerprint density at radius 1 is 1.23 bits per heavy atom. The van der Waals surface area contributed by atoms with Crippen LogP contribution in [0.1, 0.15) is 51.6 Å². The first-order chi connectivity index (χ1) is 14.6. The summed E-state index contributed by atoms with van der Waals surface area (Å²) in [6.45, 7) is 11.6. The number of ether oxygens (including phenoxy) is 1. The number of hydrogen-bond donors (Lipinski definition) is 3. The van der Waals surface area contributed by atoms with Gasteiger partial charge in [0, 0.05) is 39.3 Å². The van der Waals surface area contributed by atoms with Crippen LogP contribution in [0, 0.1) is 11.2 Å². The highest BCUT2D eigenvalue weighted by Gasteiger charge is 2.26. The van der Waals surface area contributed by atoms with Crippen molar-refractivity contribution < 1.29 is 14.2 Å². The zero-order valence-electron chi connectivity index (χ0n) is 18.8. The Kier molecular flexibility index (Phi) is 10.5. The SMILES string of the molecule is CCNC(=NCC(CC)(CC)CCO)NCC(c1cccc(F)c1)N1CCOCC1. The van der Waals surface area contributed by atoms with Crippen molar-refractivity contribution in [3.05, 3.63) is 35.6 Å². The summed E-state index contributed by atoms with van der Waals surface area (Å²) in [4.78, 5) is 7.18. The summed E-state index contributed by atoms with van der Waals surface area (Å²) in [6.07, 6.45) is 2.71. The second-order valence-electron chi connectivity index (χ2n) is 7.98. The van der Waals surface area contributed by atoms with E-state index in [-0.39, 0.29) is 23.9 Å². The average Bonchev–Trinajstić information content (AvgIpc) is 2.77. The lowest BCUT2D eigenvalue weighted by molar-refractivity contribution is 0.0169. The number of aliphatic imine (C=N–C) groups is 1. The van der Waals surface area contributed by atoms with Gasteiger partial charge < -0.3 is 20.5 Å². The second kappa shape index (κ2) is 12.9. The summed E-state index contributed by atoms with van der Waals surface area (Å²) in [5, 5.41) is 16.3. The van der Waals surface area contributed by atoms with Gasteiger partial charge >= 0.3 is 0 Å². The largest absolute Gasteiger partial charge is 0.396 e. The first-order valence-electron chi connectivity index (χ1n) is 11.3. The van der Waals surface area contributed by atoms with Crippen LogP contribution in [-0.2, 0) is 4.74 Å². The molecular formula is C23H39FN4O2. The van der Waals surface area contributed by atoms with Crippen molar-refractivity contribution >= 4 is 5.96 Å². The van der Waals surface area contributed by atoms with Crippen LogP contribution in [0.3, 0.4) is 0 Å². The number of aliphatic hydroxyl groups excluding tert-OH is 1. The minimum atomic E-state index is -0.217. The van der Waals surface area contributed by atoms with E-state index < -0.39 is 0 Å². The fourth-order valence-electron chi connectivity index (χ4n) is 3.99. The molecule has 2 rings (SSSR count). The molecule has 1 fully saturated rings. The van der Waals surface area contributed by atoms with Gasteiger partial charge in [0.1, 0.15) is 5.82 Å². The van der Waals surface area contributed by atoms with Gasteiger partial charge in [-0.05, 0) is 49.3 Å². The molecule has 30 heavy (non-hydrogen) atoms. The number of nitrogens with one attached hydrogen (secondary N) is 2. The predicted octanol–water partition coefficient (Wildman–Crippen LogP) is 2.94. The molecule has 1 unspecified atom stereocenters. The summed E-state index contributed by atoms with van der Waals surface area (Å²) in [5.41, 5.74) is 0.973. The summed E-state index contributed by atoms with van der Waals surface area (Å²) in [6, 6.07) is 6.88. The number of morpholine rings is 1. The van der Waals surface area contributed by atoms with Gasteiger partial charge in [-0.15, -0.1) is 0 Å². The molecule has 0 aromatic heterocycles. The summed E-state index contributed by atoms with van der Waals surface area (Å²) < 4.78 is 19.4. The van der Waals surface area contributed by atoms with Crippen LogP contribution in [0.4, 0.5) is 4.39 Å². The number of nitrogens with zero attached hydrogens (tertiary/aromatic N) is 2. The van der Waals surface area contributed by atoms with Crippen molar-refractivity contribution in [3.8, 4) is 0 Å². The fourth-order valence-corrected chi connectivity index (χ4v) is 3.99. The Hall–Kier alpha value is -1.70. The van der Waals surface area contributed by atoms with Crippen LogP contribution >= 0.6 is 0 Å². The minimum Gasteiger partial charge on any atom is -0.396 e. The summed E-state index contributed by atoms with van der Waals surface area (Å²) in [5.74, 6) is 0.544. The maximum absolute atomic E-state index is 13.9. The Morgan fingerprint density at radius 3 is 2.57 bits per heavy atom. The molecule has 0 amide bonds. The Morgan fingerprint density at radius 2 is 1.97 bits per heavy atom. The predicted molar refractivity (Wildman–Crippen MR) is 120 cm³/mol. The third-order valence-corrected chi connectivity index (χ3v) is 6.24. The molecule has 0 spiro atoms. The highest BCUT2D eigenvalue weighted by Crippen LogP contribution is 2.30. The first-order valence-corrected chi connectivity index (χ1v) is 11.3. The van der Waals surface area contributed by atoms with Gasteiger partial charge in [-0.1, -0.05) is 26.0 Å². The maximum atomic E-state index is 13.9. The second-order valence-corrected chi connectivity index (χ2v) is 7.98. The van der Waals surface area contributed by atoms with Crippen molar-refractivity contribution in [2.45, 2.75) is 46.1 Å². The lowest BCUT2D eigenvalue weighted by atomic mass is 9.79. The number of rotatable bonds is 11. The van der Waals surface area contributed by atoms with Crippen molar-refractivity contribution in [2.75, 3.05) is 52.5 Å². The molecule has 1 atom stereocenters. The third-order valence-electron chi connectivity index (χ3n) is 6.24. The minimum absolute atomic E-state index is 0.0171. The monoisotopic (exact) mass is 422 g/mol. The van der Waals surface area contributed by atoms with E-state index in [4.69, 9.17) is 9.73 Å². The molecule has 1 aromatic carbocycles. The number of benzene rings is 1. The standard InChI is InChI=1S/C23H39FN4O2/c1-4-23(5-2,10-13-29)18-27-22(25-6-3)26-17-21(28-11-14-30-15-12-28)19-8-7-9-20(24)16-19/h7-9,16,21,29H,4-6,10-15,17-18H2,1-3H3,(H2,25,26,27). The third kappa shape index (κ3) is 7.22. The quantitative estimate of drug-likeness (QED) is 0.378. The van der Waals surface area contributed by atoms with Gasteiger partial charge in [-0.2, -0.15) is 0 Å². The molecule has 1 heterocycles. The molecule has 170 valence electrons. The van der Waals surface area contributed by atoms with Crippen LogP contribution in [0.5, 0.6) is 0 Å². The molecule has 6 nitrogen and oxygen atoms in total. The number of aliphatic hydroxyl groups is 1. The number of hydrogen-bond acceptors (Lipinski definition) is 4. The van der Waals surface area contributed by atoms with Crippen molar-refractivity contribution in [3.63, 3.8) is 0 Å². The number of guanidine groups is 1. The molecule has 0 radical (unpaired) electrons. The van der Waals surface area contributed by atoms with Gasteiger partial charge in [0.2, 0.25) is 0 Å². The van der Waals surface area contributed by atoms with Crippen LogP contribution < -0.4 is 10.6 Å².